The van der Waals surface area contributed by atoms with Crippen molar-refractivity contribution in [3.8, 4) is 5.75 Å². The summed E-state index contributed by atoms with van der Waals surface area (Å²) in [6.45, 7) is 1.79. The van der Waals surface area contributed by atoms with E-state index in [0.29, 0.717) is 28.4 Å². The molecule has 0 aromatic heterocycles. The highest BCUT2D eigenvalue weighted by atomic mass is 16.5. The number of nitrogens with zero attached hydrogens (tertiary/aromatic N) is 1. The predicted octanol–water partition coefficient (Wildman–Crippen LogP) is 4.88. The van der Waals surface area contributed by atoms with E-state index in [1.807, 2.05) is 84.9 Å². The van der Waals surface area contributed by atoms with E-state index < -0.39 is 6.04 Å². The molecule has 1 aliphatic heterocycles. The van der Waals surface area contributed by atoms with Gasteiger partial charge in [0.1, 0.15) is 5.75 Å². The molecule has 1 aliphatic rings. The molecule has 3 aromatic rings. The standard InChI is InChI=1S/C25H23N3O3/c1-17-22(24(29)26-19-9-5-3-6-10-19)23(18-13-15-21(31-2)16-14-18)27-25(30)28(17)20-11-7-4-8-12-20/h3-16,23H,1-2H3,(H,26,29)(H,27,30)/t23-/m1/s1. The Bertz CT molecular complexity index is 1110. The number of anilines is 2. The fourth-order valence-electron chi connectivity index (χ4n) is 3.69. The predicted molar refractivity (Wildman–Crippen MR) is 121 cm³/mol. The normalized spacial score (nSPS) is 16.0. The second kappa shape index (κ2) is 8.75. The first-order valence-corrected chi connectivity index (χ1v) is 9.95. The topological polar surface area (TPSA) is 70.7 Å². The molecule has 6 nitrogen and oxygen atoms in total. The van der Waals surface area contributed by atoms with E-state index in [4.69, 9.17) is 4.74 Å². The minimum absolute atomic E-state index is 0.273. The van der Waals surface area contributed by atoms with Gasteiger partial charge in [0.15, 0.2) is 0 Å². The smallest absolute Gasteiger partial charge is 0.326 e. The molecule has 3 aromatic carbocycles. The fourth-order valence-corrected chi connectivity index (χ4v) is 3.69. The van der Waals surface area contributed by atoms with Gasteiger partial charge in [-0.25, -0.2) is 4.79 Å². The molecule has 0 saturated heterocycles. The zero-order valence-electron chi connectivity index (χ0n) is 17.3. The van der Waals surface area contributed by atoms with Gasteiger partial charge in [-0.1, -0.05) is 48.5 Å². The van der Waals surface area contributed by atoms with Gasteiger partial charge >= 0.3 is 6.03 Å². The van der Waals surface area contributed by atoms with Gasteiger partial charge < -0.3 is 15.4 Å². The van der Waals surface area contributed by atoms with Crippen LogP contribution in [0.1, 0.15) is 18.5 Å². The molecule has 1 heterocycles. The number of methoxy groups -OCH3 is 1. The zero-order chi connectivity index (χ0) is 21.8. The summed E-state index contributed by atoms with van der Waals surface area (Å²) >= 11 is 0. The van der Waals surface area contributed by atoms with Crippen LogP contribution in [0.2, 0.25) is 0 Å². The number of rotatable bonds is 5. The summed E-state index contributed by atoms with van der Waals surface area (Å²) in [5.74, 6) is 0.429. The molecular weight excluding hydrogens is 390 g/mol. The van der Waals surface area contributed by atoms with Crippen molar-refractivity contribution < 1.29 is 14.3 Å². The summed E-state index contributed by atoms with van der Waals surface area (Å²) in [6, 6.07) is 25.0. The molecule has 0 bridgehead atoms. The average Bonchev–Trinajstić information content (AvgIpc) is 2.80. The third-order valence-corrected chi connectivity index (χ3v) is 5.22. The maximum absolute atomic E-state index is 13.4. The first-order chi connectivity index (χ1) is 15.1. The number of ether oxygens (including phenoxy) is 1. The largest absolute Gasteiger partial charge is 0.497 e. The minimum atomic E-state index is -0.595. The van der Waals surface area contributed by atoms with Crippen molar-refractivity contribution in [3.63, 3.8) is 0 Å². The highest BCUT2D eigenvalue weighted by molar-refractivity contribution is 6.09. The lowest BCUT2D eigenvalue weighted by atomic mass is 9.93. The average molecular weight is 413 g/mol. The monoisotopic (exact) mass is 413 g/mol. The van der Waals surface area contributed by atoms with E-state index in [0.717, 1.165) is 5.56 Å². The van der Waals surface area contributed by atoms with Crippen LogP contribution in [0.15, 0.2) is 96.2 Å². The Morgan fingerprint density at radius 2 is 1.55 bits per heavy atom. The molecule has 3 amide bonds. The van der Waals surface area contributed by atoms with Gasteiger partial charge in [-0.2, -0.15) is 0 Å². The van der Waals surface area contributed by atoms with E-state index in [9.17, 15) is 9.59 Å². The summed E-state index contributed by atoms with van der Waals surface area (Å²) < 4.78 is 5.24. The number of para-hydroxylation sites is 2. The quantitative estimate of drug-likeness (QED) is 0.626. The summed E-state index contributed by atoms with van der Waals surface area (Å²) in [5.41, 5.74) is 3.21. The Morgan fingerprint density at radius 3 is 2.16 bits per heavy atom. The Kier molecular flexibility index (Phi) is 5.71. The van der Waals surface area contributed by atoms with E-state index in [2.05, 4.69) is 10.6 Å². The van der Waals surface area contributed by atoms with Gasteiger partial charge in [0.25, 0.3) is 5.91 Å². The Hall–Kier alpha value is -4.06. The van der Waals surface area contributed by atoms with Crippen molar-refractivity contribution in [1.82, 2.24) is 5.32 Å². The SMILES string of the molecule is COc1ccc([C@H]2NC(=O)N(c3ccccc3)C(C)=C2C(=O)Nc2ccccc2)cc1. The molecular formula is C25H23N3O3. The first kappa shape index (κ1) is 20.2. The number of carbonyl (C=O) groups excluding carboxylic acids is 2. The van der Waals surface area contributed by atoms with E-state index in [-0.39, 0.29) is 11.9 Å². The minimum Gasteiger partial charge on any atom is -0.497 e. The summed E-state index contributed by atoms with van der Waals surface area (Å²) in [5, 5.41) is 5.95. The third kappa shape index (κ3) is 4.14. The van der Waals surface area contributed by atoms with Crippen molar-refractivity contribution >= 4 is 23.3 Å². The van der Waals surface area contributed by atoms with Crippen molar-refractivity contribution in [1.29, 1.82) is 0 Å². The molecule has 0 unspecified atom stereocenters. The molecule has 2 N–H and O–H groups in total. The van der Waals surface area contributed by atoms with Gasteiger partial charge in [-0.05, 0) is 48.9 Å². The number of allylic oxidation sites excluding steroid dienone is 1. The van der Waals surface area contributed by atoms with Crippen LogP contribution in [-0.2, 0) is 4.79 Å². The maximum Gasteiger partial charge on any atom is 0.326 e. The molecule has 31 heavy (non-hydrogen) atoms. The van der Waals surface area contributed by atoms with E-state index in [1.165, 1.54) is 4.90 Å². The molecule has 0 spiro atoms. The number of benzene rings is 3. The lowest BCUT2D eigenvalue weighted by Gasteiger charge is -2.35. The van der Waals surface area contributed by atoms with E-state index in [1.54, 1.807) is 14.0 Å². The summed E-state index contributed by atoms with van der Waals surface area (Å²) in [4.78, 5) is 28.0. The molecule has 0 saturated carbocycles. The highest BCUT2D eigenvalue weighted by Gasteiger charge is 2.36. The van der Waals surface area contributed by atoms with Crippen LogP contribution in [0.5, 0.6) is 5.75 Å². The number of urea groups is 1. The Morgan fingerprint density at radius 1 is 0.935 bits per heavy atom. The van der Waals surface area contributed by atoms with Gasteiger partial charge in [0, 0.05) is 11.4 Å². The summed E-state index contributed by atoms with van der Waals surface area (Å²) in [7, 11) is 1.60. The van der Waals surface area contributed by atoms with Crippen molar-refractivity contribution in [2.45, 2.75) is 13.0 Å². The molecule has 0 radical (unpaired) electrons. The second-order valence-electron chi connectivity index (χ2n) is 7.15. The lowest BCUT2D eigenvalue weighted by molar-refractivity contribution is -0.113. The van der Waals surface area contributed by atoms with Crippen LogP contribution >= 0.6 is 0 Å². The van der Waals surface area contributed by atoms with Crippen LogP contribution in [0.4, 0.5) is 16.2 Å². The van der Waals surface area contributed by atoms with Crippen LogP contribution in [0, 0.1) is 0 Å². The molecule has 156 valence electrons. The molecule has 0 aliphatic carbocycles. The van der Waals surface area contributed by atoms with Crippen LogP contribution in [-0.4, -0.2) is 19.0 Å². The highest BCUT2D eigenvalue weighted by Crippen LogP contribution is 2.34. The maximum atomic E-state index is 13.4. The van der Waals surface area contributed by atoms with Crippen LogP contribution < -0.4 is 20.3 Å². The molecule has 4 rings (SSSR count). The number of amides is 3. The third-order valence-electron chi connectivity index (χ3n) is 5.22. The van der Waals surface area contributed by atoms with Crippen LogP contribution in [0.25, 0.3) is 0 Å². The van der Waals surface area contributed by atoms with Gasteiger partial charge in [-0.15, -0.1) is 0 Å². The van der Waals surface area contributed by atoms with Gasteiger partial charge in [0.2, 0.25) is 0 Å². The molecule has 6 heteroatoms. The van der Waals surface area contributed by atoms with Crippen molar-refractivity contribution in [3.05, 3.63) is 102 Å². The number of hydrogen-bond acceptors (Lipinski definition) is 3. The second-order valence-corrected chi connectivity index (χ2v) is 7.15. The zero-order valence-corrected chi connectivity index (χ0v) is 17.3. The molecule has 1 atom stereocenters. The first-order valence-electron chi connectivity index (χ1n) is 9.95. The molecule has 0 fully saturated rings. The lowest BCUT2D eigenvalue weighted by Crippen LogP contribution is -2.48. The van der Waals surface area contributed by atoms with Crippen LogP contribution in [0.3, 0.4) is 0 Å². The van der Waals surface area contributed by atoms with Crippen molar-refractivity contribution in [2.24, 2.45) is 0 Å². The number of nitrogens with one attached hydrogen (secondary N) is 2. The Balaban J connectivity index is 1.79. The van der Waals surface area contributed by atoms with E-state index >= 15 is 0 Å². The Labute approximate surface area is 181 Å². The van der Waals surface area contributed by atoms with Crippen molar-refractivity contribution in [2.75, 3.05) is 17.3 Å². The number of carbonyl (C=O) groups is 2. The van der Waals surface area contributed by atoms with Gasteiger partial charge in [0.05, 0.1) is 24.4 Å². The summed E-state index contributed by atoms with van der Waals surface area (Å²) in [6.07, 6.45) is 0. The van der Waals surface area contributed by atoms with Gasteiger partial charge in [-0.3, -0.25) is 9.69 Å². The number of hydrogen-bond donors (Lipinski definition) is 2. The fraction of sp³-hybridized carbons (Fsp3) is 0.120.